The van der Waals surface area contributed by atoms with E-state index >= 15 is 0 Å². The molecule has 0 aliphatic carbocycles. The largest absolute Gasteiger partial charge is 0.340 e. The van der Waals surface area contributed by atoms with E-state index in [0.717, 1.165) is 18.7 Å². The summed E-state index contributed by atoms with van der Waals surface area (Å²) in [5.74, 6) is -0.415. The highest BCUT2D eigenvalue weighted by Crippen LogP contribution is 2.13. The second kappa shape index (κ2) is 10.5. The summed E-state index contributed by atoms with van der Waals surface area (Å²) < 4.78 is 12.9. The minimum absolute atomic E-state index is 0.0532. The summed E-state index contributed by atoms with van der Waals surface area (Å²) in [5, 5.41) is 3.43. The summed E-state index contributed by atoms with van der Waals surface area (Å²) in [6, 6.07) is 13.2. The van der Waals surface area contributed by atoms with Gasteiger partial charge in [-0.3, -0.25) is 19.4 Å². The first kappa shape index (κ1) is 22.2. The zero-order chi connectivity index (χ0) is 21.5. The zero-order valence-corrected chi connectivity index (χ0v) is 17.7. The number of amides is 2. The zero-order valence-electron chi connectivity index (χ0n) is 17.0. The van der Waals surface area contributed by atoms with E-state index in [4.69, 9.17) is 11.6 Å². The van der Waals surface area contributed by atoms with Crippen molar-refractivity contribution in [1.82, 2.24) is 14.7 Å². The molecule has 1 heterocycles. The summed E-state index contributed by atoms with van der Waals surface area (Å²) in [6.45, 7) is 4.01. The monoisotopic (exact) mass is 432 g/mol. The van der Waals surface area contributed by atoms with Crippen LogP contribution < -0.4 is 5.32 Å². The lowest BCUT2D eigenvalue weighted by Crippen LogP contribution is -2.51. The normalized spacial score (nSPS) is 15.0. The molecular formula is C22H26ClFN4O2. The van der Waals surface area contributed by atoms with Crippen LogP contribution in [0.5, 0.6) is 0 Å². The molecule has 0 saturated carbocycles. The lowest BCUT2D eigenvalue weighted by Gasteiger charge is -2.34. The number of carbonyl (C=O) groups is 2. The van der Waals surface area contributed by atoms with Gasteiger partial charge in [-0.15, -0.1) is 0 Å². The fourth-order valence-corrected chi connectivity index (χ4v) is 3.56. The van der Waals surface area contributed by atoms with Gasteiger partial charge in [0.25, 0.3) is 0 Å². The average molecular weight is 433 g/mol. The Balaban J connectivity index is 1.38. The van der Waals surface area contributed by atoms with Crippen molar-refractivity contribution in [3.05, 3.63) is 64.9 Å². The van der Waals surface area contributed by atoms with Crippen LogP contribution in [-0.4, -0.2) is 72.8 Å². The molecule has 1 saturated heterocycles. The quantitative estimate of drug-likeness (QED) is 0.731. The molecule has 0 atom stereocenters. The number of rotatable bonds is 7. The van der Waals surface area contributed by atoms with Gasteiger partial charge in [-0.2, -0.15) is 0 Å². The van der Waals surface area contributed by atoms with Crippen LogP contribution in [0.2, 0.25) is 5.02 Å². The van der Waals surface area contributed by atoms with E-state index in [1.54, 1.807) is 11.9 Å². The number of nitrogens with zero attached hydrogens (tertiary/aromatic N) is 3. The minimum atomic E-state index is -0.336. The van der Waals surface area contributed by atoms with Gasteiger partial charge >= 0.3 is 0 Å². The topological polar surface area (TPSA) is 55.9 Å². The molecular weight excluding hydrogens is 407 g/mol. The number of hydrogen-bond acceptors (Lipinski definition) is 4. The summed E-state index contributed by atoms with van der Waals surface area (Å²) in [6.07, 6.45) is 0. The van der Waals surface area contributed by atoms with Crippen molar-refractivity contribution >= 4 is 29.1 Å². The maximum Gasteiger partial charge on any atom is 0.238 e. The first-order chi connectivity index (χ1) is 14.4. The molecule has 1 N–H and O–H groups in total. The lowest BCUT2D eigenvalue weighted by molar-refractivity contribution is -0.132. The summed E-state index contributed by atoms with van der Waals surface area (Å²) in [4.78, 5) is 30.6. The maximum absolute atomic E-state index is 12.9. The Hall–Kier alpha value is -2.48. The van der Waals surface area contributed by atoms with E-state index in [1.165, 1.54) is 24.3 Å². The molecule has 2 aromatic rings. The van der Waals surface area contributed by atoms with Gasteiger partial charge in [-0.25, -0.2) is 4.39 Å². The third-order valence-corrected chi connectivity index (χ3v) is 5.29. The van der Waals surface area contributed by atoms with Crippen molar-refractivity contribution in [2.24, 2.45) is 0 Å². The van der Waals surface area contributed by atoms with E-state index in [1.807, 2.05) is 24.3 Å². The molecule has 1 aliphatic heterocycles. The fourth-order valence-electron chi connectivity index (χ4n) is 3.35. The smallest absolute Gasteiger partial charge is 0.238 e. The average Bonchev–Trinajstić information content (AvgIpc) is 2.71. The van der Waals surface area contributed by atoms with E-state index in [-0.39, 0.29) is 24.2 Å². The van der Waals surface area contributed by atoms with Crippen molar-refractivity contribution in [2.45, 2.75) is 6.54 Å². The molecule has 0 bridgehead atoms. The second-order valence-corrected chi connectivity index (χ2v) is 7.92. The summed E-state index contributed by atoms with van der Waals surface area (Å²) in [7, 11) is 1.79. The number of anilines is 1. The van der Waals surface area contributed by atoms with E-state index in [2.05, 4.69) is 15.1 Å². The van der Waals surface area contributed by atoms with Gasteiger partial charge in [0.05, 0.1) is 13.1 Å². The maximum atomic E-state index is 12.9. The van der Waals surface area contributed by atoms with Crippen LogP contribution in [0.1, 0.15) is 5.56 Å². The van der Waals surface area contributed by atoms with Gasteiger partial charge in [0.15, 0.2) is 0 Å². The Morgan fingerprint density at radius 2 is 1.67 bits per heavy atom. The predicted octanol–water partition coefficient (Wildman–Crippen LogP) is 2.69. The third-order valence-electron chi connectivity index (χ3n) is 5.05. The standard InChI is InChI=1S/C22H26ClFN4O2/c1-26(14-17-3-2-4-18(23)13-17)22(30)16-28-11-9-27(10-12-28)15-21(29)25-20-7-5-19(24)6-8-20/h2-8,13H,9-12,14-16H2,1H3,(H,25,29). The van der Waals surface area contributed by atoms with Gasteiger partial charge in [-0.1, -0.05) is 23.7 Å². The Kier molecular flexibility index (Phi) is 7.79. The molecule has 8 heteroatoms. The highest BCUT2D eigenvalue weighted by molar-refractivity contribution is 6.30. The van der Waals surface area contributed by atoms with Crippen molar-refractivity contribution in [2.75, 3.05) is 51.6 Å². The highest BCUT2D eigenvalue weighted by atomic mass is 35.5. The van der Waals surface area contributed by atoms with Crippen LogP contribution >= 0.6 is 11.6 Å². The number of piperazine rings is 1. The van der Waals surface area contributed by atoms with Crippen molar-refractivity contribution in [1.29, 1.82) is 0 Å². The molecule has 3 rings (SSSR count). The van der Waals surface area contributed by atoms with E-state index in [0.29, 0.717) is 36.9 Å². The van der Waals surface area contributed by atoms with Crippen LogP contribution in [0.25, 0.3) is 0 Å². The molecule has 2 amide bonds. The third kappa shape index (κ3) is 6.79. The minimum Gasteiger partial charge on any atom is -0.340 e. The van der Waals surface area contributed by atoms with Gasteiger partial charge in [0.2, 0.25) is 11.8 Å². The first-order valence-corrected chi connectivity index (χ1v) is 10.3. The molecule has 6 nitrogen and oxygen atoms in total. The van der Waals surface area contributed by atoms with Crippen LogP contribution in [0.4, 0.5) is 10.1 Å². The van der Waals surface area contributed by atoms with Crippen molar-refractivity contribution in [3.63, 3.8) is 0 Å². The summed E-state index contributed by atoms with van der Waals surface area (Å²) >= 11 is 6.00. The van der Waals surface area contributed by atoms with Crippen LogP contribution in [0.15, 0.2) is 48.5 Å². The molecule has 0 aromatic heterocycles. The van der Waals surface area contributed by atoms with Crippen molar-refractivity contribution in [3.8, 4) is 0 Å². The van der Waals surface area contributed by atoms with E-state index in [9.17, 15) is 14.0 Å². The molecule has 30 heavy (non-hydrogen) atoms. The van der Waals surface area contributed by atoms with E-state index < -0.39 is 0 Å². The number of nitrogens with one attached hydrogen (secondary N) is 1. The second-order valence-electron chi connectivity index (χ2n) is 7.49. The SMILES string of the molecule is CN(Cc1cccc(Cl)c1)C(=O)CN1CCN(CC(=O)Nc2ccc(F)cc2)CC1. The molecule has 0 unspecified atom stereocenters. The molecule has 1 fully saturated rings. The number of benzene rings is 2. The van der Waals surface area contributed by atoms with Gasteiger partial charge in [0.1, 0.15) is 5.82 Å². The molecule has 2 aromatic carbocycles. The van der Waals surface area contributed by atoms with Crippen LogP contribution in [0.3, 0.4) is 0 Å². The van der Waals surface area contributed by atoms with Crippen LogP contribution in [0, 0.1) is 5.82 Å². The predicted molar refractivity (Wildman–Crippen MR) is 116 cm³/mol. The number of carbonyl (C=O) groups excluding carboxylic acids is 2. The number of hydrogen-bond donors (Lipinski definition) is 1. The first-order valence-electron chi connectivity index (χ1n) is 9.87. The van der Waals surface area contributed by atoms with Gasteiger partial charge < -0.3 is 10.2 Å². The van der Waals surface area contributed by atoms with Gasteiger partial charge in [-0.05, 0) is 42.0 Å². The van der Waals surface area contributed by atoms with Crippen molar-refractivity contribution < 1.29 is 14.0 Å². The van der Waals surface area contributed by atoms with Gasteiger partial charge in [0, 0.05) is 50.5 Å². The highest BCUT2D eigenvalue weighted by Gasteiger charge is 2.22. The molecule has 160 valence electrons. The Morgan fingerprint density at radius 3 is 2.30 bits per heavy atom. The molecule has 0 spiro atoms. The number of likely N-dealkylation sites (N-methyl/N-ethyl adjacent to an activating group) is 1. The lowest BCUT2D eigenvalue weighted by atomic mass is 10.2. The molecule has 0 radical (unpaired) electrons. The Morgan fingerprint density at radius 1 is 1.03 bits per heavy atom. The Bertz CT molecular complexity index is 870. The van der Waals surface area contributed by atoms with Crippen LogP contribution in [-0.2, 0) is 16.1 Å². The summed E-state index contributed by atoms with van der Waals surface area (Å²) in [5.41, 5.74) is 1.57. The fraction of sp³-hybridized carbons (Fsp3) is 0.364. The number of halogens is 2. The Labute approximate surface area is 181 Å². The molecule has 1 aliphatic rings.